The molecule has 1 aromatic rings. The molecule has 0 bridgehead atoms. The molecule has 0 atom stereocenters. The van der Waals surface area contributed by atoms with Gasteiger partial charge >= 0.3 is 5.90 Å². The van der Waals surface area contributed by atoms with Crippen molar-refractivity contribution in [2.75, 3.05) is 36.0 Å². The zero-order valence-electron chi connectivity index (χ0n) is 17.5. The van der Waals surface area contributed by atoms with Crippen LogP contribution in [0.15, 0.2) is 40.2 Å². The first kappa shape index (κ1) is 21.6. The molecule has 3 rings (SSSR count). The van der Waals surface area contributed by atoms with Crippen molar-refractivity contribution < 1.29 is 28.1 Å². The molecule has 0 unspecified atom stereocenters. The Labute approximate surface area is 175 Å². The number of Topliss-reactive ketones (excluding diaryl/α,β-unsaturated/α-hetero) is 1. The Bertz CT molecular complexity index is 1170. The van der Waals surface area contributed by atoms with Crippen molar-refractivity contribution >= 4 is 44.4 Å². The fourth-order valence-corrected chi connectivity index (χ4v) is 4.19. The van der Waals surface area contributed by atoms with Crippen molar-refractivity contribution in [2.45, 2.75) is 20.8 Å². The normalized spacial score (nSPS) is 19.2. The Morgan fingerprint density at radius 3 is 2.30 bits per heavy atom. The third kappa shape index (κ3) is 3.58. The third-order valence-corrected chi connectivity index (χ3v) is 5.64. The van der Waals surface area contributed by atoms with Gasteiger partial charge in [-0.2, -0.15) is 0 Å². The molecule has 0 spiro atoms. The minimum atomic E-state index is -3.65. The summed E-state index contributed by atoms with van der Waals surface area (Å²) in [5.41, 5.74) is 1.32. The molecular weight excluding hydrogens is 408 g/mol. The van der Waals surface area contributed by atoms with Crippen LogP contribution in [0.25, 0.3) is 5.57 Å². The minimum Gasteiger partial charge on any atom is -0.871 e. The number of aliphatic hydroxyl groups is 1. The summed E-state index contributed by atoms with van der Waals surface area (Å²) < 4.78 is 27.4. The van der Waals surface area contributed by atoms with E-state index < -0.39 is 21.6 Å². The molecule has 160 valence electrons. The average Bonchev–Trinajstić information content (AvgIpc) is 2.90. The molecule has 1 aliphatic carbocycles. The van der Waals surface area contributed by atoms with Gasteiger partial charge < -0.3 is 15.1 Å². The fourth-order valence-electron chi connectivity index (χ4n) is 3.62. The second-order valence-corrected chi connectivity index (χ2v) is 8.84. The molecule has 1 aromatic carbocycles. The highest BCUT2D eigenvalue weighted by Gasteiger charge is 2.40. The Balaban J connectivity index is 2.17. The fraction of sp³-hybridized carbons (Fsp3) is 0.350. The maximum absolute atomic E-state index is 12.9. The number of hydrogen-bond acceptors (Lipinski definition) is 6. The van der Waals surface area contributed by atoms with Crippen molar-refractivity contribution in [3.63, 3.8) is 0 Å². The zero-order valence-corrected chi connectivity index (χ0v) is 18.3. The molecule has 9 nitrogen and oxygen atoms in total. The van der Waals surface area contributed by atoms with E-state index in [2.05, 4.69) is 9.82 Å². The number of ketones is 1. The lowest BCUT2D eigenvalue weighted by Gasteiger charge is -2.32. The summed E-state index contributed by atoms with van der Waals surface area (Å²) in [7, 11) is -2.14. The van der Waals surface area contributed by atoms with Crippen LogP contribution in [0.2, 0.25) is 0 Å². The van der Waals surface area contributed by atoms with Crippen LogP contribution in [0.1, 0.15) is 26.3 Å². The van der Waals surface area contributed by atoms with Crippen molar-refractivity contribution in [3.05, 3.63) is 40.7 Å². The smallest absolute Gasteiger partial charge is 0.401 e. The Morgan fingerprint density at radius 1 is 1.20 bits per heavy atom. The van der Waals surface area contributed by atoms with E-state index in [-0.39, 0.29) is 33.9 Å². The number of nitrogens with one attached hydrogen (secondary N) is 1. The van der Waals surface area contributed by atoms with E-state index in [0.717, 1.165) is 11.9 Å². The summed E-state index contributed by atoms with van der Waals surface area (Å²) >= 11 is 0. The van der Waals surface area contributed by atoms with E-state index >= 15 is 0 Å². The van der Waals surface area contributed by atoms with Crippen molar-refractivity contribution in [1.82, 2.24) is 0 Å². The lowest BCUT2D eigenvalue weighted by atomic mass is 9.79. The number of anilines is 2. The molecule has 1 heterocycles. The Hall–Kier alpha value is -3.14. The standard InChI is InChI=1S/C20H24N4O5S/c1-6-24(7-2)12-8-9-13(14(10-12)22-30(5,28)29)16-18(25)17(19(16)26)15-11(3)21-23(4)20(15)27/h8-10H,6-7H2,1-5H3,(H2,21,22,25,26,27). The van der Waals surface area contributed by atoms with Crippen molar-refractivity contribution in [1.29, 1.82) is 0 Å². The van der Waals surface area contributed by atoms with E-state index in [4.69, 9.17) is 0 Å². The molecule has 0 saturated carbocycles. The Kier molecular flexibility index (Phi) is 5.46. The van der Waals surface area contributed by atoms with E-state index in [0.29, 0.717) is 18.8 Å². The SMILES string of the molecule is CCN(CC)c1ccc(C2=C([O-])/C(=C3\C(C)=N[N+](C)=C3O)C2=O)c(NS(C)(=O)=O)c1. The molecule has 10 heteroatoms. The first-order valence-corrected chi connectivity index (χ1v) is 11.3. The summed E-state index contributed by atoms with van der Waals surface area (Å²) in [4.78, 5) is 14.9. The summed E-state index contributed by atoms with van der Waals surface area (Å²) in [5.74, 6) is -1.38. The predicted octanol–water partition coefficient (Wildman–Crippen LogP) is 0.843. The maximum atomic E-state index is 12.9. The molecule has 0 aromatic heterocycles. The molecule has 0 fully saturated rings. The van der Waals surface area contributed by atoms with Crippen LogP contribution in [0.4, 0.5) is 11.4 Å². The van der Waals surface area contributed by atoms with Crippen LogP contribution in [0, 0.1) is 0 Å². The van der Waals surface area contributed by atoms with Crippen LogP contribution in [-0.4, -0.2) is 62.0 Å². The number of hydrazone groups is 1. The van der Waals surface area contributed by atoms with Gasteiger partial charge in [0.1, 0.15) is 11.3 Å². The Morgan fingerprint density at radius 2 is 1.83 bits per heavy atom. The number of benzene rings is 1. The van der Waals surface area contributed by atoms with Gasteiger partial charge in [0.15, 0.2) is 12.8 Å². The number of carbonyl (C=O) groups excluding carboxylic acids is 1. The molecule has 2 N–H and O–H groups in total. The predicted molar refractivity (Wildman–Crippen MR) is 114 cm³/mol. The number of allylic oxidation sites excluding steroid dienone is 2. The molecule has 1 aliphatic heterocycles. The third-order valence-electron chi connectivity index (χ3n) is 5.05. The number of carbonyl (C=O) groups is 1. The quantitative estimate of drug-likeness (QED) is 0.507. The molecular formula is C20H24N4O5S. The van der Waals surface area contributed by atoms with Crippen LogP contribution >= 0.6 is 0 Å². The van der Waals surface area contributed by atoms with Gasteiger partial charge in [-0.1, -0.05) is 16.5 Å². The molecule has 0 saturated heterocycles. The highest BCUT2D eigenvalue weighted by Crippen LogP contribution is 2.41. The molecule has 0 radical (unpaired) electrons. The van der Waals surface area contributed by atoms with Gasteiger partial charge in [-0.3, -0.25) is 9.52 Å². The average molecular weight is 433 g/mol. The van der Waals surface area contributed by atoms with Gasteiger partial charge in [-0.25, -0.2) is 8.42 Å². The maximum Gasteiger partial charge on any atom is 0.401 e. The van der Waals surface area contributed by atoms with Gasteiger partial charge in [0, 0.05) is 35.5 Å². The number of sulfonamides is 1. The first-order chi connectivity index (χ1) is 14.0. The lowest BCUT2D eigenvalue weighted by Crippen LogP contribution is -2.33. The van der Waals surface area contributed by atoms with Crippen LogP contribution in [0.3, 0.4) is 0 Å². The van der Waals surface area contributed by atoms with E-state index in [9.17, 15) is 23.4 Å². The second kappa shape index (κ2) is 7.60. The number of hydrogen-bond donors (Lipinski definition) is 2. The largest absolute Gasteiger partial charge is 0.871 e. The topological polar surface area (TPSA) is 125 Å². The van der Waals surface area contributed by atoms with Crippen molar-refractivity contribution in [2.24, 2.45) is 5.10 Å². The summed E-state index contributed by atoms with van der Waals surface area (Å²) in [5, 5.41) is 27.1. The lowest BCUT2D eigenvalue weighted by molar-refractivity contribution is -0.506. The number of rotatable bonds is 6. The van der Waals surface area contributed by atoms with Crippen LogP contribution in [0.5, 0.6) is 0 Å². The minimum absolute atomic E-state index is 0.105. The second-order valence-electron chi connectivity index (χ2n) is 7.09. The summed E-state index contributed by atoms with van der Waals surface area (Å²) in [6.45, 7) is 6.95. The van der Waals surface area contributed by atoms with E-state index in [1.54, 1.807) is 25.1 Å². The van der Waals surface area contributed by atoms with Crippen LogP contribution in [-0.2, 0) is 14.8 Å². The molecule has 0 amide bonds. The van der Waals surface area contributed by atoms with Gasteiger partial charge in [0.2, 0.25) is 10.0 Å². The molecule has 2 aliphatic rings. The summed E-state index contributed by atoms with van der Waals surface area (Å²) in [6.07, 6.45) is 1.00. The monoisotopic (exact) mass is 432 g/mol. The number of nitrogens with zero attached hydrogens (tertiary/aromatic N) is 3. The molecule has 30 heavy (non-hydrogen) atoms. The van der Waals surface area contributed by atoms with Crippen LogP contribution < -0.4 is 14.7 Å². The van der Waals surface area contributed by atoms with Gasteiger partial charge in [0.05, 0.1) is 11.9 Å². The first-order valence-electron chi connectivity index (χ1n) is 9.43. The van der Waals surface area contributed by atoms with E-state index in [1.165, 1.54) is 11.7 Å². The highest BCUT2D eigenvalue weighted by molar-refractivity contribution is 7.92. The highest BCUT2D eigenvalue weighted by atomic mass is 32.2. The van der Waals surface area contributed by atoms with Gasteiger partial charge in [-0.05, 0) is 38.0 Å². The zero-order chi connectivity index (χ0) is 22.4. The van der Waals surface area contributed by atoms with E-state index in [1.807, 2.05) is 18.7 Å². The van der Waals surface area contributed by atoms with Gasteiger partial charge in [-0.15, -0.1) is 0 Å². The summed E-state index contributed by atoms with van der Waals surface area (Å²) in [6, 6.07) is 4.93. The van der Waals surface area contributed by atoms with Gasteiger partial charge in [0.25, 0.3) is 0 Å². The van der Waals surface area contributed by atoms with Crippen molar-refractivity contribution in [3.8, 4) is 0 Å². The number of aliphatic hydroxyl groups excluding tert-OH is 1.